The molecule has 3 N–H and O–H groups in total. The van der Waals surface area contributed by atoms with E-state index in [1.807, 2.05) is 18.5 Å². The summed E-state index contributed by atoms with van der Waals surface area (Å²) in [6.45, 7) is 4.83. The summed E-state index contributed by atoms with van der Waals surface area (Å²) in [5.41, 5.74) is 1.86. The van der Waals surface area contributed by atoms with Crippen molar-refractivity contribution >= 4 is 17.9 Å². The van der Waals surface area contributed by atoms with Crippen molar-refractivity contribution in [1.29, 1.82) is 0 Å². The van der Waals surface area contributed by atoms with Crippen LogP contribution in [0.15, 0.2) is 24.5 Å². The molecule has 1 aromatic rings. The Hall–Kier alpha value is -3.15. The first-order valence-corrected chi connectivity index (χ1v) is 11.3. The van der Waals surface area contributed by atoms with Gasteiger partial charge in [0.1, 0.15) is 0 Å². The Morgan fingerprint density at radius 3 is 1.55 bits per heavy atom. The number of carboxylic acids is 3. The van der Waals surface area contributed by atoms with Crippen molar-refractivity contribution in [1.82, 2.24) is 14.8 Å². The molecular weight excluding hydrogens is 573 g/mol. The quantitative estimate of drug-likeness (QED) is 0.422. The first-order valence-electron chi connectivity index (χ1n) is 11.3. The Morgan fingerprint density at radius 2 is 1.23 bits per heavy atom. The van der Waals surface area contributed by atoms with Gasteiger partial charge in [0.15, 0.2) is 0 Å². The van der Waals surface area contributed by atoms with E-state index in [9.17, 15) is 39.5 Å². The monoisotopic (exact) mass is 601 g/mol. The van der Waals surface area contributed by atoms with Gasteiger partial charge in [-0.1, -0.05) is 12.5 Å². The zero-order chi connectivity index (χ0) is 31.4. The van der Waals surface area contributed by atoms with Crippen molar-refractivity contribution in [2.24, 2.45) is 0 Å². The van der Waals surface area contributed by atoms with Gasteiger partial charge in [-0.05, 0) is 50.9 Å². The number of nitrogens with zero attached hydrogens (tertiary/aromatic N) is 3. The molecule has 2 fully saturated rings. The molecule has 2 aliphatic rings. The molecule has 1 spiro atoms. The van der Waals surface area contributed by atoms with Crippen molar-refractivity contribution in [3.63, 3.8) is 0 Å². The van der Waals surface area contributed by atoms with Gasteiger partial charge in [-0.15, -0.1) is 0 Å². The molecule has 3 heterocycles. The minimum atomic E-state index is -5.08. The summed E-state index contributed by atoms with van der Waals surface area (Å²) in [4.78, 5) is 36.1. The molecule has 18 heteroatoms. The van der Waals surface area contributed by atoms with Gasteiger partial charge in [0.05, 0.1) is 0 Å². The molecule has 2 aliphatic heterocycles. The van der Waals surface area contributed by atoms with Crippen LogP contribution >= 0.6 is 0 Å². The summed E-state index contributed by atoms with van der Waals surface area (Å²) < 4.78 is 95.2. The Kier molecular flexibility index (Phi) is 14.4. The van der Waals surface area contributed by atoms with Crippen molar-refractivity contribution in [3.05, 3.63) is 30.1 Å². The number of aliphatic carboxylic acids is 3. The van der Waals surface area contributed by atoms with E-state index in [1.54, 1.807) is 0 Å². The van der Waals surface area contributed by atoms with Gasteiger partial charge >= 0.3 is 36.4 Å². The van der Waals surface area contributed by atoms with Gasteiger partial charge in [-0.3, -0.25) is 9.88 Å². The highest BCUT2D eigenvalue weighted by Crippen LogP contribution is 2.36. The number of likely N-dealkylation sites (tertiary alicyclic amines) is 2. The summed E-state index contributed by atoms with van der Waals surface area (Å²) in [5.74, 6) is -8.27. The zero-order valence-electron chi connectivity index (χ0n) is 21.0. The topological polar surface area (TPSA) is 131 Å². The van der Waals surface area contributed by atoms with Crippen LogP contribution in [0.3, 0.4) is 0 Å². The van der Waals surface area contributed by atoms with Gasteiger partial charge < -0.3 is 20.2 Å². The second kappa shape index (κ2) is 15.6. The number of alkyl halides is 9. The van der Waals surface area contributed by atoms with Crippen LogP contribution in [0.4, 0.5) is 39.5 Å². The van der Waals surface area contributed by atoms with E-state index in [1.165, 1.54) is 57.3 Å². The SMILES string of the molecule is CN1CCCCC12CCN(Cc1cccnc1)CC2.O=C(O)C(F)(F)F.O=C(O)C(F)(F)F.O=C(O)C(F)(F)F. The number of carbonyl (C=O) groups is 3. The van der Waals surface area contributed by atoms with Crippen LogP contribution in [-0.4, -0.2) is 98.8 Å². The average Bonchev–Trinajstić information content (AvgIpc) is 2.82. The van der Waals surface area contributed by atoms with Crippen LogP contribution in [0.2, 0.25) is 0 Å². The molecule has 1 aromatic heterocycles. The zero-order valence-corrected chi connectivity index (χ0v) is 21.0. The third-order valence-electron chi connectivity index (χ3n) is 5.84. The Balaban J connectivity index is 0.000000603. The molecule has 0 saturated carbocycles. The lowest BCUT2D eigenvalue weighted by atomic mass is 9.79. The predicted molar refractivity (Wildman–Crippen MR) is 119 cm³/mol. The van der Waals surface area contributed by atoms with E-state index < -0.39 is 36.4 Å². The van der Waals surface area contributed by atoms with E-state index in [2.05, 4.69) is 27.9 Å². The van der Waals surface area contributed by atoms with Crippen molar-refractivity contribution < 1.29 is 69.2 Å². The molecule has 3 rings (SSSR count). The number of pyridine rings is 1. The van der Waals surface area contributed by atoms with Gasteiger partial charge in [0.2, 0.25) is 0 Å². The van der Waals surface area contributed by atoms with Crippen LogP contribution < -0.4 is 0 Å². The predicted octanol–water partition coefficient (Wildman–Crippen LogP) is 4.43. The van der Waals surface area contributed by atoms with Crippen LogP contribution in [0.1, 0.15) is 37.7 Å². The number of halogens is 9. The number of carboxylic acid groups (broad SMARTS) is 3. The fraction of sp³-hybridized carbons (Fsp3) is 0.636. The minimum Gasteiger partial charge on any atom is -0.475 e. The second-order valence-corrected chi connectivity index (χ2v) is 8.65. The first kappa shape index (κ1) is 36.8. The summed E-state index contributed by atoms with van der Waals surface area (Å²) in [7, 11) is 2.33. The maximum atomic E-state index is 10.6. The number of rotatable bonds is 2. The Bertz CT molecular complexity index is 876. The number of aromatic nitrogens is 1. The highest BCUT2D eigenvalue weighted by molar-refractivity contribution is 5.73. The Labute approximate surface area is 222 Å². The number of piperidine rings is 2. The molecule has 0 unspecified atom stereocenters. The molecule has 0 radical (unpaired) electrons. The normalized spacial score (nSPS) is 17.6. The summed E-state index contributed by atoms with van der Waals surface area (Å²) in [5, 5.41) is 21.4. The standard InChI is InChI=1S/C16H25N3.3C2HF3O2/c1-18-10-3-2-6-16(18)7-11-19(12-8-16)14-15-5-4-9-17-13-15;3*3-2(4,5)1(6)7/h4-5,9,13H,2-3,6-8,10-12,14H2,1H3;3*(H,6,7). The molecular formula is C22H28F9N3O6. The van der Waals surface area contributed by atoms with Gasteiger partial charge in [-0.25, -0.2) is 14.4 Å². The van der Waals surface area contributed by atoms with Crippen LogP contribution in [0.25, 0.3) is 0 Å². The van der Waals surface area contributed by atoms with E-state index in [0.717, 1.165) is 6.54 Å². The fourth-order valence-electron chi connectivity index (χ4n) is 3.74. The van der Waals surface area contributed by atoms with Gasteiger partial charge in [0, 0.05) is 37.6 Å². The van der Waals surface area contributed by atoms with Gasteiger partial charge in [-0.2, -0.15) is 39.5 Å². The van der Waals surface area contributed by atoms with Crippen molar-refractivity contribution in [2.75, 3.05) is 26.7 Å². The molecule has 0 atom stereocenters. The maximum absolute atomic E-state index is 10.6. The van der Waals surface area contributed by atoms with Crippen LogP contribution in [-0.2, 0) is 20.9 Å². The second-order valence-electron chi connectivity index (χ2n) is 8.65. The van der Waals surface area contributed by atoms with E-state index >= 15 is 0 Å². The van der Waals surface area contributed by atoms with Crippen molar-refractivity contribution in [2.45, 2.75) is 62.7 Å². The summed E-state index contributed by atoms with van der Waals surface area (Å²) >= 11 is 0. The highest BCUT2D eigenvalue weighted by atomic mass is 19.4. The molecule has 40 heavy (non-hydrogen) atoms. The molecule has 0 aromatic carbocycles. The van der Waals surface area contributed by atoms with Crippen molar-refractivity contribution in [3.8, 4) is 0 Å². The number of hydrogen-bond donors (Lipinski definition) is 3. The smallest absolute Gasteiger partial charge is 0.475 e. The number of hydrogen-bond acceptors (Lipinski definition) is 6. The molecule has 0 bridgehead atoms. The van der Waals surface area contributed by atoms with Crippen LogP contribution in [0, 0.1) is 0 Å². The third kappa shape index (κ3) is 14.3. The summed E-state index contributed by atoms with van der Waals surface area (Å²) in [6.07, 6.45) is -4.51. The molecule has 9 nitrogen and oxygen atoms in total. The lowest BCUT2D eigenvalue weighted by Crippen LogP contribution is -2.55. The largest absolute Gasteiger partial charge is 0.490 e. The maximum Gasteiger partial charge on any atom is 0.490 e. The van der Waals surface area contributed by atoms with E-state index in [-0.39, 0.29) is 0 Å². The average molecular weight is 601 g/mol. The fourth-order valence-corrected chi connectivity index (χ4v) is 3.74. The lowest BCUT2D eigenvalue weighted by molar-refractivity contribution is -0.193. The molecule has 0 amide bonds. The van der Waals surface area contributed by atoms with E-state index in [0.29, 0.717) is 5.54 Å². The Morgan fingerprint density at radius 1 is 0.800 bits per heavy atom. The minimum absolute atomic E-state index is 0.518. The molecule has 2 saturated heterocycles. The highest BCUT2D eigenvalue weighted by Gasteiger charge is 2.40. The molecule has 230 valence electrons. The van der Waals surface area contributed by atoms with Gasteiger partial charge in [0.25, 0.3) is 0 Å². The first-order chi connectivity index (χ1) is 18.1. The third-order valence-corrected chi connectivity index (χ3v) is 5.84. The summed E-state index contributed by atoms with van der Waals surface area (Å²) in [6, 6.07) is 4.22. The van der Waals surface area contributed by atoms with E-state index in [4.69, 9.17) is 29.7 Å². The van der Waals surface area contributed by atoms with Crippen LogP contribution in [0.5, 0.6) is 0 Å². The lowest BCUT2D eigenvalue weighted by Gasteiger charge is -2.50. The molecule has 0 aliphatic carbocycles.